The Bertz CT molecular complexity index is 720. The smallest absolute Gasteiger partial charge is 0.143 e. The zero-order chi connectivity index (χ0) is 20.2. The molecule has 28 heavy (non-hydrogen) atoms. The Labute approximate surface area is 173 Å². The van der Waals surface area contributed by atoms with Crippen molar-refractivity contribution < 1.29 is 4.57 Å². The number of benzene rings is 2. The van der Waals surface area contributed by atoms with Gasteiger partial charge in [-0.3, -0.25) is 0 Å². The summed E-state index contributed by atoms with van der Waals surface area (Å²) in [5, 5.41) is 2.12. The predicted octanol–water partition coefficient (Wildman–Crippen LogP) is 7.34. The van der Waals surface area contributed by atoms with Gasteiger partial charge in [0.05, 0.1) is 0 Å². The van der Waals surface area contributed by atoms with E-state index in [1.807, 2.05) is 18.2 Å². The maximum absolute atomic E-state index is 14.4. The van der Waals surface area contributed by atoms with E-state index in [2.05, 4.69) is 57.2 Å². The zero-order valence-electron chi connectivity index (χ0n) is 18.2. The van der Waals surface area contributed by atoms with Crippen LogP contribution in [0.3, 0.4) is 0 Å². The lowest BCUT2D eigenvalue weighted by molar-refractivity contribution is 0.572. The molecule has 0 amide bonds. The summed E-state index contributed by atoms with van der Waals surface area (Å²) in [5.74, 6) is 0.563. The first kappa shape index (κ1) is 23.0. The van der Waals surface area contributed by atoms with E-state index in [0.717, 1.165) is 29.6 Å². The third-order valence-electron chi connectivity index (χ3n) is 5.51. The number of hydrogen-bond donors (Lipinski definition) is 0. The van der Waals surface area contributed by atoms with Gasteiger partial charge in [-0.15, -0.1) is 0 Å². The van der Waals surface area contributed by atoms with E-state index in [1.165, 1.54) is 50.5 Å². The minimum absolute atomic E-state index is 0.563. The quantitative estimate of drug-likeness (QED) is 0.255. The van der Waals surface area contributed by atoms with Gasteiger partial charge in [0.2, 0.25) is 0 Å². The second kappa shape index (κ2) is 12.3. The van der Waals surface area contributed by atoms with Crippen molar-refractivity contribution in [3.8, 4) is 0 Å². The molecule has 0 aliphatic heterocycles. The van der Waals surface area contributed by atoms with Crippen molar-refractivity contribution in [2.45, 2.75) is 78.6 Å². The molecule has 0 bridgehead atoms. The Balaban J connectivity index is 2.11. The van der Waals surface area contributed by atoms with Gasteiger partial charge in [-0.2, -0.15) is 0 Å². The summed E-state index contributed by atoms with van der Waals surface area (Å²) in [4.78, 5) is 0. The lowest BCUT2D eigenvalue weighted by Crippen LogP contribution is -2.22. The summed E-state index contributed by atoms with van der Waals surface area (Å²) in [6, 6.07) is 18.7. The van der Waals surface area contributed by atoms with Crippen LogP contribution >= 0.6 is 7.14 Å². The first-order valence-corrected chi connectivity index (χ1v) is 13.2. The first-order chi connectivity index (χ1) is 13.6. The molecular formula is C26H39OP. The van der Waals surface area contributed by atoms with E-state index in [4.69, 9.17) is 0 Å². The van der Waals surface area contributed by atoms with Crippen LogP contribution in [0.1, 0.15) is 77.7 Å². The van der Waals surface area contributed by atoms with Gasteiger partial charge in [0.25, 0.3) is 0 Å². The molecule has 0 fully saturated rings. The third-order valence-corrected chi connectivity index (χ3v) is 8.80. The molecule has 0 spiro atoms. The molecule has 2 aromatic carbocycles. The maximum atomic E-state index is 14.4. The van der Waals surface area contributed by atoms with Crippen LogP contribution in [0.15, 0.2) is 54.6 Å². The SMILES string of the molecule is CCCCCCCCCCP(=O)(c1ccccc1)c1ccccc1CC(C)C. The molecule has 2 aromatic rings. The van der Waals surface area contributed by atoms with Crippen molar-refractivity contribution in [2.75, 3.05) is 6.16 Å². The van der Waals surface area contributed by atoms with Gasteiger partial charge < -0.3 is 4.57 Å². The molecule has 0 aromatic heterocycles. The van der Waals surface area contributed by atoms with E-state index >= 15 is 0 Å². The van der Waals surface area contributed by atoms with Gasteiger partial charge in [-0.25, -0.2) is 0 Å². The predicted molar refractivity (Wildman–Crippen MR) is 126 cm³/mol. The summed E-state index contributed by atoms with van der Waals surface area (Å²) in [7, 11) is -2.58. The summed E-state index contributed by atoms with van der Waals surface area (Å²) in [5.41, 5.74) is 1.27. The van der Waals surface area contributed by atoms with Crippen LogP contribution in [0, 0.1) is 5.92 Å². The lowest BCUT2D eigenvalue weighted by atomic mass is 10.0. The average molecular weight is 399 g/mol. The largest absolute Gasteiger partial charge is 0.314 e. The van der Waals surface area contributed by atoms with Crippen LogP contribution in [0.2, 0.25) is 0 Å². The highest BCUT2D eigenvalue weighted by molar-refractivity contribution is 7.78. The van der Waals surface area contributed by atoms with Gasteiger partial charge in [0, 0.05) is 16.8 Å². The second-order valence-corrected chi connectivity index (χ2v) is 11.4. The Morgan fingerprint density at radius 3 is 1.96 bits per heavy atom. The van der Waals surface area contributed by atoms with Crippen molar-refractivity contribution in [1.29, 1.82) is 0 Å². The van der Waals surface area contributed by atoms with Crippen LogP contribution < -0.4 is 10.6 Å². The molecule has 2 heteroatoms. The van der Waals surface area contributed by atoms with Gasteiger partial charge in [-0.1, -0.05) is 120 Å². The normalized spacial score (nSPS) is 13.6. The summed E-state index contributed by atoms with van der Waals surface area (Å²) in [6.45, 7) is 6.74. The molecule has 0 saturated heterocycles. The van der Waals surface area contributed by atoms with Gasteiger partial charge in [0.15, 0.2) is 0 Å². The third kappa shape index (κ3) is 6.93. The number of rotatable bonds is 13. The monoisotopic (exact) mass is 398 g/mol. The molecule has 0 aliphatic carbocycles. The van der Waals surface area contributed by atoms with Gasteiger partial charge >= 0.3 is 0 Å². The molecule has 1 atom stereocenters. The maximum Gasteiger partial charge on any atom is 0.143 e. The van der Waals surface area contributed by atoms with Gasteiger partial charge in [-0.05, 0) is 24.3 Å². The van der Waals surface area contributed by atoms with E-state index in [9.17, 15) is 4.57 Å². The van der Waals surface area contributed by atoms with Crippen LogP contribution in [-0.4, -0.2) is 6.16 Å². The molecule has 0 N–H and O–H groups in total. The fraction of sp³-hybridized carbons (Fsp3) is 0.538. The van der Waals surface area contributed by atoms with Crippen LogP contribution in [0.4, 0.5) is 0 Å². The number of hydrogen-bond acceptors (Lipinski definition) is 1. The molecule has 0 radical (unpaired) electrons. The van der Waals surface area contributed by atoms with Crippen LogP contribution in [-0.2, 0) is 11.0 Å². The summed E-state index contributed by atoms with van der Waals surface area (Å²) >= 11 is 0. The Kier molecular flexibility index (Phi) is 10.1. The topological polar surface area (TPSA) is 17.1 Å². The molecule has 2 rings (SSSR count). The summed E-state index contributed by atoms with van der Waals surface area (Å²) in [6.07, 6.45) is 12.0. The fourth-order valence-corrected chi connectivity index (χ4v) is 7.06. The molecule has 1 nitrogen and oxygen atoms in total. The molecule has 154 valence electrons. The Hall–Kier alpha value is -1.33. The standard InChI is InChI=1S/C26H39OP/c1-4-5-6-7-8-9-10-16-21-28(27,25-18-12-11-13-19-25)26-20-15-14-17-24(26)22-23(2)3/h11-15,17-20,23H,4-10,16,21-22H2,1-3H3. The van der Waals surface area contributed by atoms with Crippen molar-refractivity contribution >= 4 is 17.8 Å². The van der Waals surface area contributed by atoms with Gasteiger partial charge in [0.1, 0.15) is 7.14 Å². The Morgan fingerprint density at radius 1 is 0.750 bits per heavy atom. The molecule has 0 heterocycles. The average Bonchev–Trinajstić information content (AvgIpc) is 2.70. The highest BCUT2D eigenvalue weighted by Gasteiger charge is 2.28. The van der Waals surface area contributed by atoms with E-state index in [-0.39, 0.29) is 0 Å². The van der Waals surface area contributed by atoms with Crippen molar-refractivity contribution in [2.24, 2.45) is 5.92 Å². The minimum Gasteiger partial charge on any atom is -0.314 e. The zero-order valence-corrected chi connectivity index (χ0v) is 19.1. The minimum atomic E-state index is -2.58. The Morgan fingerprint density at radius 2 is 1.32 bits per heavy atom. The second-order valence-electron chi connectivity index (χ2n) is 8.50. The molecule has 0 saturated carbocycles. The van der Waals surface area contributed by atoms with Crippen LogP contribution in [0.25, 0.3) is 0 Å². The van der Waals surface area contributed by atoms with Crippen molar-refractivity contribution in [3.05, 3.63) is 60.2 Å². The van der Waals surface area contributed by atoms with Crippen molar-refractivity contribution in [1.82, 2.24) is 0 Å². The molecular weight excluding hydrogens is 359 g/mol. The van der Waals surface area contributed by atoms with E-state index in [1.54, 1.807) is 0 Å². The van der Waals surface area contributed by atoms with Crippen LogP contribution in [0.5, 0.6) is 0 Å². The lowest BCUT2D eigenvalue weighted by Gasteiger charge is -2.23. The first-order valence-electron chi connectivity index (χ1n) is 11.3. The molecule has 1 unspecified atom stereocenters. The van der Waals surface area contributed by atoms with Crippen molar-refractivity contribution in [3.63, 3.8) is 0 Å². The molecule has 0 aliphatic rings. The highest BCUT2D eigenvalue weighted by Crippen LogP contribution is 2.45. The summed E-state index contributed by atoms with van der Waals surface area (Å²) < 4.78 is 14.4. The van der Waals surface area contributed by atoms with E-state index in [0.29, 0.717) is 5.92 Å². The fourth-order valence-electron chi connectivity index (χ4n) is 4.00. The highest BCUT2D eigenvalue weighted by atomic mass is 31.2. The number of unbranched alkanes of at least 4 members (excludes halogenated alkanes) is 7. The van der Waals surface area contributed by atoms with E-state index < -0.39 is 7.14 Å².